The third-order valence-electron chi connectivity index (χ3n) is 2.42. The maximum Gasteiger partial charge on any atom is 0.360 e. The van der Waals surface area contributed by atoms with Crippen LogP contribution >= 0.6 is 15.9 Å². The number of aromatic nitrogens is 3. The van der Waals surface area contributed by atoms with Gasteiger partial charge in [-0.1, -0.05) is 22.9 Å². The van der Waals surface area contributed by atoms with Gasteiger partial charge in [0.25, 0.3) is 0 Å². The van der Waals surface area contributed by atoms with E-state index in [9.17, 15) is 4.79 Å². The van der Waals surface area contributed by atoms with Crippen LogP contribution in [0.15, 0.2) is 28.7 Å². The van der Waals surface area contributed by atoms with Gasteiger partial charge < -0.3 is 10.4 Å². The molecule has 0 radical (unpaired) electrons. The number of hydrogen-bond acceptors (Lipinski definition) is 4. The van der Waals surface area contributed by atoms with E-state index in [1.54, 1.807) is 12.1 Å². The van der Waals surface area contributed by atoms with Crippen LogP contribution in [-0.2, 0) is 0 Å². The monoisotopic (exact) mass is 324 g/mol. The molecular weight excluding hydrogens is 312 g/mol. The van der Waals surface area contributed by atoms with Crippen molar-refractivity contribution in [2.45, 2.75) is 13.3 Å². The Morgan fingerprint density at radius 1 is 1.37 bits per heavy atom. The summed E-state index contributed by atoms with van der Waals surface area (Å²) in [5.74, 6) is -0.806. The number of aromatic carboxylic acids is 1. The molecule has 0 saturated carbocycles. The number of carboxylic acids is 1. The highest BCUT2D eigenvalue weighted by atomic mass is 79.9. The van der Waals surface area contributed by atoms with E-state index in [4.69, 9.17) is 5.11 Å². The lowest BCUT2D eigenvalue weighted by Gasteiger charge is -2.00. The van der Waals surface area contributed by atoms with E-state index in [1.807, 2.05) is 19.1 Å². The van der Waals surface area contributed by atoms with E-state index in [0.717, 1.165) is 10.9 Å². The summed E-state index contributed by atoms with van der Waals surface area (Å²) in [5, 5.41) is 20.2. The molecule has 0 aliphatic heterocycles. The number of nitrogens with one attached hydrogen (secondary N) is 1. The Kier molecular flexibility index (Phi) is 4.16. The Hall–Kier alpha value is -1.89. The highest BCUT2D eigenvalue weighted by Gasteiger charge is 2.17. The van der Waals surface area contributed by atoms with Gasteiger partial charge in [-0.05, 0) is 30.7 Å². The van der Waals surface area contributed by atoms with Crippen molar-refractivity contribution in [2.75, 3.05) is 11.9 Å². The van der Waals surface area contributed by atoms with Crippen molar-refractivity contribution >= 4 is 27.7 Å². The minimum absolute atomic E-state index is 0.0728. The molecule has 0 fully saturated rings. The third kappa shape index (κ3) is 3.11. The van der Waals surface area contributed by atoms with Crippen LogP contribution in [-0.4, -0.2) is 32.6 Å². The smallest absolute Gasteiger partial charge is 0.360 e. The molecule has 2 rings (SSSR count). The molecule has 6 nitrogen and oxygen atoms in total. The molecule has 7 heteroatoms. The van der Waals surface area contributed by atoms with Crippen LogP contribution in [0.4, 0.5) is 5.82 Å². The van der Waals surface area contributed by atoms with E-state index in [1.165, 1.54) is 4.80 Å². The zero-order chi connectivity index (χ0) is 13.8. The predicted molar refractivity (Wildman–Crippen MR) is 74.8 cm³/mol. The van der Waals surface area contributed by atoms with Gasteiger partial charge in [-0.25, -0.2) is 4.79 Å². The van der Waals surface area contributed by atoms with E-state index in [2.05, 4.69) is 31.4 Å². The van der Waals surface area contributed by atoms with Gasteiger partial charge in [0.15, 0.2) is 5.82 Å². The first-order valence-corrected chi connectivity index (χ1v) is 6.61. The maximum atomic E-state index is 11.1. The van der Waals surface area contributed by atoms with Crippen molar-refractivity contribution in [3.05, 3.63) is 34.4 Å². The van der Waals surface area contributed by atoms with Crippen LogP contribution in [0, 0.1) is 0 Å². The van der Waals surface area contributed by atoms with Crippen LogP contribution in [0.5, 0.6) is 0 Å². The lowest BCUT2D eigenvalue weighted by Crippen LogP contribution is -2.06. The fourth-order valence-electron chi connectivity index (χ4n) is 1.50. The van der Waals surface area contributed by atoms with Gasteiger partial charge in [0.1, 0.15) is 0 Å². The average Bonchev–Trinajstić information content (AvgIpc) is 2.81. The normalized spacial score (nSPS) is 10.4. The van der Waals surface area contributed by atoms with Gasteiger partial charge in [-0.2, -0.15) is 0 Å². The van der Waals surface area contributed by atoms with Gasteiger partial charge in [-0.15, -0.1) is 15.0 Å². The quantitative estimate of drug-likeness (QED) is 0.883. The Morgan fingerprint density at radius 2 is 2.05 bits per heavy atom. The lowest BCUT2D eigenvalue weighted by atomic mass is 10.3. The summed E-state index contributed by atoms with van der Waals surface area (Å²) >= 11 is 3.34. The van der Waals surface area contributed by atoms with Crippen molar-refractivity contribution < 1.29 is 9.90 Å². The number of rotatable bonds is 5. The number of carboxylic acid groups (broad SMARTS) is 1. The second-order valence-corrected chi connectivity index (χ2v) is 4.81. The van der Waals surface area contributed by atoms with Crippen LogP contribution in [0.25, 0.3) is 5.69 Å². The minimum Gasteiger partial charge on any atom is -0.476 e. The highest BCUT2D eigenvalue weighted by molar-refractivity contribution is 9.10. The molecule has 2 aromatic rings. The van der Waals surface area contributed by atoms with Crippen molar-refractivity contribution in [2.24, 2.45) is 0 Å². The number of benzene rings is 1. The summed E-state index contributed by atoms with van der Waals surface area (Å²) in [6.07, 6.45) is 0.879. The molecule has 1 aromatic heterocycles. The molecule has 100 valence electrons. The first-order valence-electron chi connectivity index (χ1n) is 5.82. The molecule has 0 spiro atoms. The minimum atomic E-state index is -1.10. The van der Waals surface area contributed by atoms with E-state index in [0.29, 0.717) is 12.2 Å². The number of hydrogen-bond donors (Lipinski definition) is 2. The number of nitrogens with zero attached hydrogens (tertiary/aromatic N) is 3. The average molecular weight is 325 g/mol. The Balaban J connectivity index is 2.36. The van der Waals surface area contributed by atoms with Gasteiger partial charge in [-0.3, -0.25) is 0 Å². The van der Waals surface area contributed by atoms with Gasteiger partial charge >= 0.3 is 5.97 Å². The molecule has 1 aromatic carbocycles. The summed E-state index contributed by atoms with van der Waals surface area (Å²) in [4.78, 5) is 12.4. The topological polar surface area (TPSA) is 80.0 Å². The van der Waals surface area contributed by atoms with Gasteiger partial charge in [0.2, 0.25) is 5.69 Å². The zero-order valence-corrected chi connectivity index (χ0v) is 11.9. The van der Waals surface area contributed by atoms with Crippen LogP contribution < -0.4 is 5.32 Å². The first kappa shape index (κ1) is 13.5. The molecule has 0 atom stereocenters. The summed E-state index contributed by atoms with van der Waals surface area (Å²) in [5.41, 5.74) is 0.631. The molecule has 0 unspecified atom stereocenters. The first-order chi connectivity index (χ1) is 9.11. The summed E-state index contributed by atoms with van der Waals surface area (Å²) in [7, 11) is 0. The SMILES string of the molecule is CCCNc1nn(-c2ccc(Br)cc2)nc1C(=O)O. The molecule has 1 heterocycles. The fourth-order valence-corrected chi connectivity index (χ4v) is 1.77. The lowest BCUT2D eigenvalue weighted by molar-refractivity contribution is 0.0691. The van der Waals surface area contributed by atoms with E-state index >= 15 is 0 Å². The summed E-state index contributed by atoms with van der Waals surface area (Å²) < 4.78 is 0.936. The summed E-state index contributed by atoms with van der Waals surface area (Å²) in [6.45, 7) is 2.64. The molecule has 0 amide bonds. The standard InChI is InChI=1S/C12H13BrN4O2/c1-2-7-14-11-10(12(18)19)15-17(16-11)9-5-3-8(13)4-6-9/h3-6H,2,7H2,1H3,(H,14,16)(H,18,19). The molecule has 2 N–H and O–H groups in total. The fraction of sp³-hybridized carbons (Fsp3) is 0.250. The molecular formula is C12H13BrN4O2. The van der Waals surface area contributed by atoms with Gasteiger partial charge in [0, 0.05) is 11.0 Å². The molecule has 0 saturated heterocycles. The number of carbonyl (C=O) groups is 1. The molecule has 19 heavy (non-hydrogen) atoms. The number of halogens is 1. The highest BCUT2D eigenvalue weighted by Crippen LogP contribution is 2.16. The van der Waals surface area contributed by atoms with E-state index < -0.39 is 5.97 Å². The van der Waals surface area contributed by atoms with Crippen molar-refractivity contribution in [1.82, 2.24) is 15.0 Å². The maximum absolute atomic E-state index is 11.1. The predicted octanol–water partition coefficient (Wildman–Crippen LogP) is 2.55. The third-order valence-corrected chi connectivity index (χ3v) is 2.94. The zero-order valence-electron chi connectivity index (χ0n) is 10.3. The van der Waals surface area contributed by atoms with Crippen molar-refractivity contribution in [3.8, 4) is 5.69 Å². The van der Waals surface area contributed by atoms with Crippen LogP contribution in [0.3, 0.4) is 0 Å². The second kappa shape index (κ2) is 5.83. The summed E-state index contributed by atoms with van der Waals surface area (Å²) in [6, 6.07) is 7.30. The molecule has 0 aliphatic rings. The Morgan fingerprint density at radius 3 is 2.63 bits per heavy atom. The Labute approximate surface area is 118 Å². The molecule has 0 aliphatic carbocycles. The second-order valence-electron chi connectivity index (χ2n) is 3.90. The molecule has 0 bridgehead atoms. The largest absolute Gasteiger partial charge is 0.476 e. The van der Waals surface area contributed by atoms with Crippen LogP contribution in [0.2, 0.25) is 0 Å². The number of anilines is 1. The van der Waals surface area contributed by atoms with Crippen LogP contribution in [0.1, 0.15) is 23.8 Å². The van der Waals surface area contributed by atoms with Crippen molar-refractivity contribution in [3.63, 3.8) is 0 Å². The van der Waals surface area contributed by atoms with E-state index in [-0.39, 0.29) is 11.5 Å². The van der Waals surface area contributed by atoms with Gasteiger partial charge in [0.05, 0.1) is 5.69 Å². The van der Waals surface area contributed by atoms with Crippen molar-refractivity contribution in [1.29, 1.82) is 0 Å². The Bertz CT molecular complexity index is 580.